The maximum Gasteiger partial charge on any atom is 0.119 e. The Morgan fingerprint density at radius 3 is 2.21 bits per heavy atom. The molecule has 0 amide bonds. The molecule has 0 fully saturated rings. The molecule has 2 N–H and O–H groups in total. The van der Waals surface area contributed by atoms with Crippen molar-refractivity contribution in [1.29, 1.82) is 0 Å². The number of aliphatic hydroxyl groups excluding tert-OH is 2. The molecule has 0 saturated heterocycles. The molecule has 1 aromatic rings. The quantitative estimate of drug-likeness (QED) is 0.759. The van der Waals surface area contributed by atoms with Crippen molar-refractivity contribution in [2.24, 2.45) is 0 Å². The van der Waals surface area contributed by atoms with Gasteiger partial charge in [-0.1, -0.05) is 19.1 Å². The largest absolute Gasteiger partial charge is 0.491 e. The molecule has 0 aliphatic heterocycles. The molecule has 0 aliphatic rings. The topological polar surface area (TPSA) is 58.9 Å². The Bertz CT molecular complexity index is 348. The Kier molecular flexibility index (Phi) is 6.84. The van der Waals surface area contributed by atoms with Crippen molar-refractivity contribution in [1.82, 2.24) is 0 Å². The summed E-state index contributed by atoms with van der Waals surface area (Å²) in [6.07, 6.45) is -0.280. The number of aliphatic hydroxyl groups is 2. The summed E-state index contributed by atoms with van der Waals surface area (Å²) in [4.78, 5) is 0. The van der Waals surface area contributed by atoms with Gasteiger partial charge in [0.1, 0.15) is 18.5 Å². The van der Waals surface area contributed by atoms with E-state index in [-0.39, 0.29) is 19.3 Å². The molecule has 4 nitrogen and oxygen atoms in total. The smallest absolute Gasteiger partial charge is 0.119 e. The molecule has 0 saturated carbocycles. The summed E-state index contributed by atoms with van der Waals surface area (Å²) < 4.78 is 10.8. The second-order valence-electron chi connectivity index (χ2n) is 4.84. The second kappa shape index (κ2) is 8.15. The molecule has 108 valence electrons. The third-order valence-electron chi connectivity index (χ3n) is 2.72. The standard InChI is InChI=1S/C15H24O4/c1-4-15(17)12-5-7-14(8-6-12)19-10-13(16)9-18-11(2)3/h5-8,11,13,15-17H,4,9-10H2,1-3H3/t13?,15-/m0/s1. The molecule has 0 aromatic heterocycles. The van der Waals surface area contributed by atoms with Gasteiger partial charge in [0.2, 0.25) is 0 Å². The molecule has 2 atom stereocenters. The maximum absolute atomic E-state index is 9.66. The summed E-state index contributed by atoms with van der Waals surface area (Å²) in [5.74, 6) is 0.677. The van der Waals surface area contributed by atoms with Crippen LogP contribution in [0.2, 0.25) is 0 Å². The Hall–Kier alpha value is -1.10. The third-order valence-corrected chi connectivity index (χ3v) is 2.72. The predicted octanol–water partition coefficient (Wildman–Crippen LogP) is 2.29. The SMILES string of the molecule is CC[C@H](O)c1ccc(OCC(O)COC(C)C)cc1. The molecule has 0 heterocycles. The van der Waals surface area contributed by atoms with E-state index in [1.807, 2.05) is 32.9 Å². The summed E-state index contributed by atoms with van der Waals surface area (Å²) >= 11 is 0. The minimum Gasteiger partial charge on any atom is -0.491 e. The lowest BCUT2D eigenvalue weighted by Crippen LogP contribution is -2.25. The van der Waals surface area contributed by atoms with Crippen molar-refractivity contribution in [3.05, 3.63) is 29.8 Å². The van der Waals surface area contributed by atoms with E-state index in [1.54, 1.807) is 12.1 Å². The van der Waals surface area contributed by atoms with Gasteiger partial charge in [-0.3, -0.25) is 0 Å². The Morgan fingerprint density at radius 1 is 1.05 bits per heavy atom. The van der Waals surface area contributed by atoms with Crippen LogP contribution in [0.1, 0.15) is 38.9 Å². The zero-order valence-corrected chi connectivity index (χ0v) is 11.9. The van der Waals surface area contributed by atoms with Crippen molar-refractivity contribution in [3.63, 3.8) is 0 Å². The minimum atomic E-state index is -0.636. The van der Waals surface area contributed by atoms with Crippen LogP contribution in [0.4, 0.5) is 0 Å². The lowest BCUT2D eigenvalue weighted by molar-refractivity contribution is -0.0122. The monoisotopic (exact) mass is 268 g/mol. The molecular formula is C15H24O4. The van der Waals surface area contributed by atoms with Crippen LogP contribution < -0.4 is 4.74 Å². The summed E-state index contributed by atoms with van der Waals surface area (Å²) in [6.45, 7) is 6.24. The lowest BCUT2D eigenvalue weighted by Gasteiger charge is -2.15. The first kappa shape index (κ1) is 16.0. The van der Waals surface area contributed by atoms with E-state index in [4.69, 9.17) is 9.47 Å². The van der Waals surface area contributed by atoms with Gasteiger partial charge < -0.3 is 19.7 Å². The first-order valence-corrected chi connectivity index (χ1v) is 6.73. The molecule has 0 bridgehead atoms. The number of ether oxygens (including phenoxy) is 2. The molecule has 4 heteroatoms. The highest BCUT2D eigenvalue weighted by atomic mass is 16.5. The van der Waals surface area contributed by atoms with Gasteiger partial charge in [0.15, 0.2) is 0 Å². The molecule has 19 heavy (non-hydrogen) atoms. The van der Waals surface area contributed by atoms with Crippen LogP contribution in [0, 0.1) is 0 Å². The molecule has 1 rings (SSSR count). The highest BCUT2D eigenvalue weighted by molar-refractivity contribution is 5.28. The normalized spacial score (nSPS) is 14.4. The van der Waals surface area contributed by atoms with Crippen molar-refractivity contribution >= 4 is 0 Å². The minimum absolute atomic E-state index is 0.101. The zero-order chi connectivity index (χ0) is 14.3. The molecule has 0 spiro atoms. The maximum atomic E-state index is 9.66. The van der Waals surface area contributed by atoms with Crippen LogP contribution in [-0.2, 0) is 4.74 Å². The van der Waals surface area contributed by atoms with Crippen molar-refractivity contribution in [3.8, 4) is 5.75 Å². The molecule has 1 unspecified atom stereocenters. The summed E-state index contributed by atoms with van der Waals surface area (Å²) in [5.41, 5.74) is 0.874. The first-order chi connectivity index (χ1) is 9.02. The number of hydrogen-bond donors (Lipinski definition) is 2. The van der Waals surface area contributed by atoms with Gasteiger partial charge in [-0.2, -0.15) is 0 Å². The van der Waals surface area contributed by atoms with E-state index in [2.05, 4.69) is 0 Å². The number of rotatable bonds is 8. The zero-order valence-electron chi connectivity index (χ0n) is 11.9. The van der Waals surface area contributed by atoms with Gasteiger partial charge in [-0.05, 0) is 38.0 Å². The van der Waals surface area contributed by atoms with E-state index in [0.29, 0.717) is 12.2 Å². The van der Waals surface area contributed by atoms with Crippen LogP contribution in [0.15, 0.2) is 24.3 Å². The average molecular weight is 268 g/mol. The Morgan fingerprint density at radius 2 is 1.68 bits per heavy atom. The summed E-state index contributed by atoms with van der Waals surface area (Å²) in [6, 6.07) is 7.26. The van der Waals surface area contributed by atoms with Crippen molar-refractivity contribution in [2.45, 2.75) is 45.5 Å². The van der Waals surface area contributed by atoms with Gasteiger partial charge in [-0.25, -0.2) is 0 Å². The fourth-order valence-electron chi connectivity index (χ4n) is 1.57. The molecular weight excluding hydrogens is 244 g/mol. The van der Waals surface area contributed by atoms with Crippen LogP contribution in [0.5, 0.6) is 5.75 Å². The van der Waals surface area contributed by atoms with Crippen LogP contribution in [-0.4, -0.2) is 35.6 Å². The molecule has 0 aliphatic carbocycles. The summed E-state index contributed by atoms with van der Waals surface area (Å²) in [5, 5.41) is 19.3. The van der Waals surface area contributed by atoms with E-state index >= 15 is 0 Å². The number of hydrogen-bond acceptors (Lipinski definition) is 4. The van der Waals surface area contributed by atoms with Crippen LogP contribution in [0.25, 0.3) is 0 Å². The van der Waals surface area contributed by atoms with E-state index in [9.17, 15) is 10.2 Å². The van der Waals surface area contributed by atoms with E-state index < -0.39 is 12.2 Å². The number of benzene rings is 1. The highest BCUT2D eigenvalue weighted by Crippen LogP contribution is 2.19. The summed E-state index contributed by atoms with van der Waals surface area (Å²) in [7, 11) is 0. The lowest BCUT2D eigenvalue weighted by atomic mass is 10.1. The Labute approximate surface area is 115 Å². The Balaban J connectivity index is 2.37. The van der Waals surface area contributed by atoms with Gasteiger partial charge in [-0.15, -0.1) is 0 Å². The molecule has 1 aromatic carbocycles. The highest BCUT2D eigenvalue weighted by Gasteiger charge is 2.08. The molecule has 0 radical (unpaired) electrons. The fraction of sp³-hybridized carbons (Fsp3) is 0.600. The predicted molar refractivity (Wildman–Crippen MR) is 74.3 cm³/mol. The van der Waals surface area contributed by atoms with Gasteiger partial charge >= 0.3 is 0 Å². The van der Waals surface area contributed by atoms with Crippen LogP contribution >= 0.6 is 0 Å². The van der Waals surface area contributed by atoms with Gasteiger partial charge in [0.25, 0.3) is 0 Å². The van der Waals surface area contributed by atoms with Gasteiger partial charge in [0, 0.05) is 0 Å². The first-order valence-electron chi connectivity index (χ1n) is 6.73. The van der Waals surface area contributed by atoms with E-state index in [1.165, 1.54) is 0 Å². The average Bonchev–Trinajstić information content (AvgIpc) is 2.42. The fourth-order valence-corrected chi connectivity index (χ4v) is 1.57. The van der Waals surface area contributed by atoms with Crippen molar-refractivity contribution < 1.29 is 19.7 Å². The van der Waals surface area contributed by atoms with E-state index in [0.717, 1.165) is 5.56 Å². The van der Waals surface area contributed by atoms with Crippen LogP contribution in [0.3, 0.4) is 0 Å². The second-order valence-corrected chi connectivity index (χ2v) is 4.84. The third kappa shape index (κ3) is 6.05. The van der Waals surface area contributed by atoms with Gasteiger partial charge in [0.05, 0.1) is 18.8 Å². The van der Waals surface area contributed by atoms with Crippen molar-refractivity contribution in [2.75, 3.05) is 13.2 Å².